The maximum atomic E-state index is 13.6. The highest BCUT2D eigenvalue weighted by Crippen LogP contribution is 2.26. The van der Waals surface area contributed by atoms with Crippen molar-refractivity contribution in [1.82, 2.24) is 0 Å². The Balaban J connectivity index is 3.11. The van der Waals surface area contributed by atoms with Crippen LogP contribution in [-0.2, 0) is 5.67 Å². The van der Waals surface area contributed by atoms with Crippen LogP contribution in [0.4, 0.5) is 8.78 Å². The van der Waals surface area contributed by atoms with Gasteiger partial charge in [-0.3, -0.25) is 0 Å². The van der Waals surface area contributed by atoms with Crippen LogP contribution in [0.25, 0.3) is 6.08 Å². The molecule has 0 saturated heterocycles. The van der Waals surface area contributed by atoms with E-state index in [-0.39, 0.29) is 5.82 Å². The van der Waals surface area contributed by atoms with Gasteiger partial charge in [-0.05, 0) is 31.5 Å². The van der Waals surface area contributed by atoms with Crippen LogP contribution < -0.4 is 5.73 Å². The van der Waals surface area contributed by atoms with E-state index in [4.69, 9.17) is 5.73 Å². The fourth-order valence-electron chi connectivity index (χ4n) is 1.24. The Kier molecular flexibility index (Phi) is 3.58. The molecule has 0 saturated carbocycles. The number of hydrogen-bond donors (Lipinski definition) is 1. The zero-order valence-corrected chi connectivity index (χ0v) is 8.93. The molecule has 0 spiro atoms. The third-order valence-corrected chi connectivity index (χ3v) is 2.12. The van der Waals surface area contributed by atoms with Gasteiger partial charge in [0.15, 0.2) is 0 Å². The minimum Gasteiger partial charge on any atom is -0.327 e. The van der Waals surface area contributed by atoms with Gasteiger partial charge in [-0.15, -0.1) is 0 Å². The molecule has 0 fully saturated rings. The molecule has 2 N–H and O–H groups in total. The van der Waals surface area contributed by atoms with Gasteiger partial charge in [-0.2, -0.15) is 0 Å². The van der Waals surface area contributed by atoms with Crippen molar-refractivity contribution in [2.75, 3.05) is 6.54 Å². The smallest absolute Gasteiger partial charge is 0.130 e. The first kappa shape index (κ1) is 11.9. The standard InChI is InChI=1S/C12H15F2N/c1-12(2,14)10-5-6-11(13)9(8-10)4-3-7-15/h3-6,8H,7,15H2,1-2H3/b4-3+. The maximum Gasteiger partial charge on any atom is 0.130 e. The highest BCUT2D eigenvalue weighted by atomic mass is 19.1. The van der Waals surface area contributed by atoms with Crippen LogP contribution in [0, 0.1) is 5.82 Å². The quantitative estimate of drug-likeness (QED) is 0.817. The fourth-order valence-corrected chi connectivity index (χ4v) is 1.24. The van der Waals surface area contributed by atoms with E-state index in [0.717, 1.165) is 0 Å². The predicted molar refractivity (Wildman–Crippen MR) is 58.6 cm³/mol. The summed E-state index contributed by atoms with van der Waals surface area (Å²) < 4.78 is 26.9. The van der Waals surface area contributed by atoms with Crippen LogP contribution in [0.2, 0.25) is 0 Å². The van der Waals surface area contributed by atoms with Gasteiger partial charge in [0.1, 0.15) is 11.5 Å². The van der Waals surface area contributed by atoms with Crippen molar-refractivity contribution in [1.29, 1.82) is 0 Å². The van der Waals surface area contributed by atoms with Gasteiger partial charge in [0.25, 0.3) is 0 Å². The summed E-state index contributed by atoms with van der Waals surface area (Å²) in [5, 5.41) is 0. The summed E-state index contributed by atoms with van der Waals surface area (Å²) in [6.45, 7) is 3.22. The molecule has 0 aliphatic carbocycles. The number of benzene rings is 1. The summed E-state index contributed by atoms with van der Waals surface area (Å²) in [7, 11) is 0. The van der Waals surface area contributed by atoms with Gasteiger partial charge >= 0.3 is 0 Å². The molecule has 3 heteroatoms. The normalized spacial score (nSPS) is 12.3. The molecule has 0 aliphatic rings. The van der Waals surface area contributed by atoms with Crippen molar-refractivity contribution < 1.29 is 8.78 Å². The average Bonchev–Trinajstić information content (AvgIpc) is 2.15. The highest BCUT2D eigenvalue weighted by molar-refractivity contribution is 5.52. The third kappa shape index (κ3) is 3.13. The van der Waals surface area contributed by atoms with Crippen molar-refractivity contribution in [2.45, 2.75) is 19.5 Å². The second-order valence-corrected chi connectivity index (χ2v) is 3.85. The lowest BCUT2D eigenvalue weighted by molar-refractivity contribution is 0.221. The van der Waals surface area contributed by atoms with E-state index in [9.17, 15) is 8.78 Å². The van der Waals surface area contributed by atoms with Gasteiger partial charge < -0.3 is 5.73 Å². The SMILES string of the molecule is CC(C)(F)c1ccc(F)c(/C=C/CN)c1. The Morgan fingerprint density at radius 2 is 2.07 bits per heavy atom. The second-order valence-electron chi connectivity index (χ2n) is 3.85. The average molecular weight is 211 g/mol. The van der Waals surface area contributed by atoms with Gasteiger partial charge in [0.05, 0.1) is 0 Å². The van der Waals surface area contributed by atoms with Crippen LogP contribution in [0.15, 0.2) is 24.3 Å². The molecule has 1 nitrogen and oxygen atoms in total. The zero-order chi connectivity index (χ0) is 11.5. The van der Waals surface area contributed by atoms with Crippen LogP contribution in [0.1, 0.15) is 25.0 Å². The maximum absolute atomic E-state index is 13.6. The molecule has 0 unspecified atom stereocenters. The predicted octanol–water partition coefficient (Wildman–Crippen LogP) is 3.00. The Morgan fingerprint density at radius 3 is 2.60 bits per heavy atom. The Hall–Kier alpha value is -1.22. The zero-order valence-electron chi connectivity index (χ0n) is 8.93. The molecule has 0 bridgehead atoms. The van der Waals surface area contributed by atoms with Crippen molar-refractivity contribution in [2.24, 2.45) is 5.73 Å². The van der Waals surface area contributed by atoms with Crippen molar-refractivity contribution in [3.63, 3.8) is 0 Å². The van der Waals surface area contributed by atoms with E-state index < -0.39 is 5.67 Å². The van der Waals surface area contributed by atoms with Crippen molar-refractivity contribution in [3.05, 3.63) is 41.2 Å². The lowest BCUT2D eigenvalue weighted by atomic mass is 9.98. The van der Waals surface area contributed by atoms with Gasteiger partial charge in [0, 0.05) is 12.1 Å². The molecule has 0 atom stereocenters. The minimum absolute atomic E-state index is 0.336. The molecule has 1 aromatic rings. The van der Waals surface area contributed by atoms with Crippen molar-refractivity contribution >= 4 is 6.08 Å². The molecule has 1 aromatic carbocycles. The Labute approximate surface area is 88.6 Å². The summed E-state index contributed by atoms with van der Waals surface area (Å²) in [5.41, 5.74) is 4.63. The Bertz CT molecular complexity index is 364. The molecule has 15 heavy (non-hydrogen) atoms. The van der Waals surface area contributed by atoms with E-state index in [0.29, 0.717) is 17.7 Å². The van der Waals surface area contributed by atoms with Crippen LogP contribution in [0.3, 0.4) is 0 Å². The lowest BCUT2D eigenvalue weighted by Gasteiger charge is -2.15. The summed E-state index contributed by atoms with van der Waals surface area (Å²) in [5.74, 6) is -0.368. The Morgan fingerprint density at radius 1 is 1.40 bits per heavy atom. The number of hydrogen-bond acceptors (Lipinski definition) is 1. The molecule has 0 aliphatic heterocycles. The van der Waals surface area contributed by atoms with Gasteiger partial charge in [-0.1, -0.05) is 18.2 Å². The lowest BCUT2D eigenvalue weighted by Crippen LogP contribution is -2.09. The molecule has 82 valence electrons. The highest BCUT2D eigenvalue weighted by Gasteiger charge is 2.19. The monoisotopic (exact) mass is 211 g/mol. The molecule has 0 amide bonds. The first-order valence-electron chi connectivity index (χ1n) is 4.80. The van der Waals surface area contributed by atoms with Gasteiger partial charge in [0.2, 0.25) is 0 Å². The number of alkyl halides is 1. The van der Waals surface area contributed by atoms with Crippen molar-refractivity contribution in [3.8, 4) is 0 Å². The van der Waals surface area contributed by atoms with E-state index >= 15 is 0 Å². The number of rotatable bonds is 3. The van der Waals surface area contributed by atoms with Crippen LogP contribution in [0.5, 0.6) is 0 Å². The second kappa shape index (κ2) is 4.53. The largest absolute Gasteiger partial charge is 0.327 e. The third-order valence-electron chi connectivity index (χ3n) is 2.12. The molecule has 1 rings (SSSR count). The van der Waals surface area contributed by atoms with E-state index in [1.165, 1.54) is 32.0 Å². The molecular formula is C12H15F2N. The first-order valence-corrected chi connectivity index (χ1v) is 4.80. The first-order chi connectivity index (χ1) is 6.95. The van der Waals surface area contributed by atoms with E-state index in [1.807, 2.05) is 0 Å². The molecular weight excluding hydrogens is 196 g/mol. The number of nitrogens with two attached hydrogens (primary N) is 1. The topological polar surface area (TPSA) is 26.0 Å². The fraction of sp³-hybridized carbons (Fsp3) is 0.333. The summed E-state index contributed by atoms with van der Waals surface area (Å²) >= 11 is 0. The van der Waals surface area contributed by atoms with E-state index in [2.05, 4.69) is 0 Å². The number of halogens is 2. The summed E-state index contributed by atoms with van der Waals surface area (Å²) in [4.78, 5) is 0. The molecule has 0 heterocycles. The van der Waals surface area contributed by atoms with Gasteiger partial charge in [-0.25, -0.2) is 8.78 Å². The summed E-state index contributed by atoms with van der Waals surface area (Å²) in [6, 6.07) is 4.23. The summed E-state index contributed by atoms with van der Waals surface area (Å²) in [6.07, 6.45) is 3.19. The van der Waals surface area contributed by atoms with Crippen LogP contribution >= 0.6 is 0 Å². The molecule has 0 radical (unpaired) electrons. The van der Waals surface area contributed by atoms with E-state index in [1.54, 1.807) is 12.2 Å². The minimum atomic E-state index is -1.46. The van der Waals surface area contributed by atoms with Crippen LogP contribution in [-0.4, -0.2) is 6.54 Å². The molecule has 0 aromatic heterocycles.